The van der Waals surface area contributed by atoms with Crippen LogP contribution in [0.2, 0.25) is 0 Å². The average Bonchev–Trinajstić information content (AvgIpc) is 3.11. The van der Waals surface area contributed by atoms with Gasteiger partial charge in [0.15, 0.2) is 5.69 Å². The van der Waals surface area contributed by atoms with Gasteiger partial charge in [0.05, 0.1) is 11.5 Å². The minimum absolute atomic E-state index is 0.0832. The highest BCUT2D eigenvalue weighted by atomic mass is 32.2. The molecule has 0 fully saturated rings. The molecule has 0 spiro atoms. The lowest BCUT2D eigenvalue weighted by molar-refractivity contribution is 0.0509. The van der Waals surface area contributed by atoms with E-state index in [2.05, 4.69) is 4.98 Å². The number of sulfonamides is 1. The van der Waals surface area contributed by atoms with E-state index in [0.29, 0.717) is 29.2 Å². The largest absolute Gasteiger partial charge is 0.461 e. The van der Waals surface area contributed by atoms with Gasteiger partial charge in [-0.3, -0.25) is 0 Å². The van der Waals surface area contributed by atoms with E-state index in [0.717, 1.165) is 17.0 Å². The van der Waals surface area contributed by atoms with Gasteiger partial charge < -0.3 is 9.30 Å². The fourth-order valence-corrected chi connectivity index (χ4v) is 4.72. The number of imidazole rings is 1. The number of benzene rings is 2. The molecule has 0 unspecified atom stereocenters. The van der Waals surface area contributed by atoms with Crippen LogP contribution >= 0.6 is 11.8 Å². The van der Waals surface area contributed by atoms with E-state index >= 15 is 0 Å². The predicted octanol–water partition coefficient (Wildman–Crippen LogP) is 3.71. The molecule has 1 heterocycles. The normalized spacial score (nSPS) is 11.5. The molecule has 0 saturated carbocycles. The molecule has 7 nitrogen and oxygen atoms in total. The van der Waals surface area contributed by atoms with Gasteiger partial charge in [0.2, 0.25) is 10.0 Å². The number of nitrogens with zero attached hydrogens (tertiary/aromatic N) is 2. The molecular formula is C22H25N3O4S2. The fraction of sp³-hybridized carbons (Fsp3) is 0.273. The zero-order chi connectivity index (χ0) is 22.6. The molecule has 0 bridgehead atoms. The zero-order valence-electron chi connectivity index (χ0n) is 17.7. The van der Waals surface area contributed by atoms with Crippen molar-refractivity contribution in [3.05, 3.63) is 65.6 Å². The second-order valence-electron chi connectivity index (χ2n) is 6.78. The summed E-state index contributed by atoms with van der Waals surface area (Å²) in [6.07, 6.45) is 2.55. The molecule has 0 aliphatic heterocycles. The number of primary sulfonamides is 1. The molecule has 0 saturated heterocycles. The van der Waals surface area contributed by atoms with Crippen LogP contribution in [0.15, 0.2) is 58.5 Å². The Balaban J connectivity index is 1.98. The van der Waals surface area contributed by atoms with E-state index in [1.54, 1.807) is 25.1 Å². The number of nitrogens with two attached hydrogens (primary N) is 1. The van der Waals surface area contributed by atoms with Crippen molar-refractivity contribution in [2.24, 2.45) is 5.14 Å². The van der Waals surface area contributed by atoms with E-state index in [1.165, 1.54) is 17.8 Å². The number of aryl methyl sites for hydroxylation is 1. The van der Waals surface area contributed by atoms with Crippen molar-refractivity contribution >= 4 is 27.8 Å². The minimum atomic E-state index is -3.84. The lowest BCUT2D eigenvalue weighted by Crippen LogP contribution is -2.15. The fourth-order valence-electron chi connectivity index (χ4n) is 3.38. The molecule has 2 N–H and O–H groups in total. The monoisotopic (exact) mass is 459 g/mol. The lowest BCUT2D eigenvalue weighted by atomic mass is 10.0. The summed E-state index contributed by atoms with van der Waals surface area (Å²) >= 11 is 1.41. The highest BCUT2D eigenvalue weighted by Gasteiger charge is 2.23. The smallest absolute Gasteiger partial charge is 0.357 e. The number of aromatic nitrogens is 2. The Hall–Kier alpha value is -2.62. The Morgan fingerprint density at radius 3 is 2.39 bits per heavy atom. The molecule has 0 radical (unpaired) electrons. The summed E-state index contributed by atoms with van der Waals surface area (Å²) in [7, 11) is -3.84. The van der Waals surface area contributed by atoms with Crippen molar-refractivity contribution in [1.82, 2.24) is 9.55 Å². The maximum Gasteiger partial charge on any atom is 0.357 e. The molecule has 0 atom stereocenters. The Kier molecular flexibility index (Phi) is 7.19. The van der Waals surface area contributed by atoms with E-state index in [4.69, 9.17) is 9.88 Å². The number of hydrogen-bond donors (Lipinski definition) is 1. The molecule has 0 aliphatic carbocycles. The van der Waals surface area contributed by atoms with Crippen molar-refractivity contribution in [3.63, 3.8) is 0 Å². The van der Waals surface area contributed by atoms with Gasteiger partial charge >= 0.3 is 5.97 Å². The van der Waals surface area contributed by atoms with Gasteiger partial charge in [0.25, 0.3) is 0 Å². The van der Waals surface area contributed by atoms with E-state index in [9.17, 15) is 13.2 Å². The Morgan fingerprint density at radius 1 is 1.13 bits per heavy atom. The van der Waals surface area contributed by atoms with Crippen LogP contribution in [0.3, 0.4) is 0 Å². The maximum absolute atomic E-state index is 12.6. The molecule has 3 rings (SSSR count). The highest BCUT2D eigenvalue weighted by Crippen LogP contribution is 2.28. The quantitative estimate of drug-likeness (QED) is 0.407. The van der Waals surface area contributed by atoms with Crippen LogP contribution in [0.4, 0.5) is 0 Å². The summed E-state index contributed by atoms with van der Waals surface area (Å²) < 4.78 is 31.0. The molecule has 1 aromatic heterocycles. The summed E-state index contributed by atoms with van der Waals surface area (Å²) in [6, 6.07) is 14.1. The molecule has 9 heteroatoms. The van der Waals surface area contributed by atoms with Crippen LogP contribution in [0.1, 0.15) is 35.7 Å². The average molecular weight is 460 g/mol. The van der Waals surface area contributed by atoms with Gasteiger partial charge in [-0.2, -0.15) is 0 Å². The molecule has 2 aromatic carbocycles. The molecule has 0 aliphatic rings. The first-order valence-electron chi connectivity index (χ1n) is 9.81. The third kappa shape index (κ3) is 5.00. The van der Waals surface area contributed by atoms with Crippen molar-refractivity contribution in [1.29, 1.82) is 0 Å². The van der Waals surface area contributed by atoms with Gasteiger partial charge in [-0.25, -0.2) is 23.3 Å². The van der Waals surface area contributed by atoms with Crippen LogP contribution in [-0.2, 0) is 27.7 Å². The van der Waals surface area contributed by atoms with Crippen LogP contribution in [0.25, 0.3) is 11.1 Å². The number of carbonyl (C=O) groups is 1. The van der Waals surface area contributed by atoms with Crippen LogP contribution in [0.5, 0.6) is 0 Å². The Labute approximate surface area is 186 Å². The Morgan fingerprint density at radius 2 is 1.81 bits per heavy atom. The second-order valence-corrected chi connectivity index (χ2v) is 9.11. The molecule has 0 amide bonds. The van der Waals surface area contributed by atoms with Gasteiger partial charge in [0, 0.05) is 18.5 Å². The first kappa shape index (κ1) is 23.1. The number of ether oxygens (including phenoxy) is 1. The highest BCUT2D eigenvalue weighted by molar-refractivity contribution is 7.98. The van der Waals surface area contributed by atoms with Crippen molar-refractivity contribution < 1.29 is 17.9 Å². The predicted molar refractivity (Wildman–Crippen MR) is 122 cm³/mol. The van der Waals surface area contributed by atoms with Crippen molar-refractivity contribution in [2.45, 2.75) is 36.7 Å². The molecule has 164 valence electrons. The summed E-state index contributed by atoms with van der Waals surface area (Å²) in [5.41, 5.74) is 2.69. The number of thioether (sulfide) groups is 1. The van der Waals surface area contributed by atoms with Gasteiger partial charge in [0.1, 0.15) is 10.9 Å². The van der Waals surface area contributed by atoms with Gasteiger partial charge in [-0.05, 0) is 30.4 Å². The van der Waals surface area contributed by atoms with Gasteiger partial charge in [-0.1, -0.05) is 49.4 Å². The number of hydrogen-bond acceptors (Lipinski definition) is 6. The molecule has 3 aromatic rings. The summed E-state index contributed by atoms with van der Waals surface area (Å²) in [4.78, 5) is 17.2. The van der Waals surface area contributed by atoms with Crippen LogP contribution in [0, 0.1) is 0 Å². The standard InChI is InChI=1S/C22H25N3O4S2/c1-4-19-24-21(30-3)20(22(26)29-5-2)25(19)14-15-10-12-16(13-11-15)17-8-6-7-9-18(17)31(23,27)28/h6-13H,4-5,14H2,1-3H3,(H2,23,27,28). The second kappa shape index (κ2) is 9.67. The summed E-state index contributed by atoms with van der Waals surface area (Å²) in [6.45, 7) is 4.50. The first-order chi connectivity index (χ1) is 14.8. The third-order valence-electron chi connectivity index (χ3n) is 4.79. The minimum Gasteiger partial charge on any atom is -0.461 e. The number of carbonyl (C=O) groups excluding carboxylic acids is 1. The van der Waals surface area contributed by atoms with Crippen molar-refractivity contribution in [2.75, 3.05) is 12.9 Å². The van der Waals surface area contributed by atoms with E-state index in [-0.39, 0.29) is 11.5 Å². The Bertz CT molecular complexity index is 1190. The van der Waals surface area contributed by atoms with Crippen molar-refractivity contribution in [3.8, 4) is 11.1 Å². The first-order valence-corrected chi connectivity index (χ1v) is 12.6. The SMILES string of the molecule is CCOC(=O)c1c(SC)nc(CC)n1Cc1ccc(-c2ccccc2S(N)(=O)=O)cc1. The topological polar surface area (TPSA) is 104 Å². The van der Waals surface area contributed by atoms with Gasteiger partial charge in [-0.15, -0.1) is 11.8 Å². The van der Waals surface area contributed by atoms with E-state index in [1.807, 2.05) is 42.0 Å². The van der Waals surface area contributed by atoms with E-state index < -0.39 is 16.0 Å². The number of rotatable bonds is 8. The summed E-state index contributed by atoms with van der Waals surface area (Å²) in [5, 5.41) is 6.01. The summed E-state index contributed by atoms with van der Waals surface area (Å²) in [5.74, 6) is 0.411. The van der Waals surface area contributed by atoms with Crippen LogP contribution in [-0.4, -0.2) is 36.8 Å². The van der Waals surface area contributed by atoms with Crippen LogP contribution < -0.4 is 5.14 Å². The molecule has 31 heavy (non-hydrogen) atoms. The maximum atomic E-state index is 12.6. The lowest BCUT2D eigenvalue weighted by Gasteiger charge is -2.13. The number of esters is 1. The third-order valence-corrected chi connectivity index (χ3v) is 6.43. The zero-order valence-corrected chi connectivity index (χ0v) is 19.3. The molecular weight excluding hydrogens is 434 g/mol.